The number of hydrogen-bond donors (Lipinski definition) is 0. The van der Waals surface area contributed by atoms with Crippen molar-refractivity contribution in [3.8, 4) is 0 Å². The van der Waals surface area contributed by atoms with Crippen LogP contribution in [0.15, 0.2) is 30.5 Å². The van der Waals surface area contributed by atoms with E-state index in [1.54, 1.807) is 12.1 Å². The summed E-state index contributed by atoms with van der Waals surface area (Å²) in [4.78, 5) is 20.4. The molecule has 7 heteroatoms. The molecule has 0 unspecified atom stereocenters. The van der Waals surface area contributed by atoms with E-state index in [1.165, 1.54) is 23.0 Å². The fourth-order valence-corrected chi connectivity index (χ4v) is 1.35. The van der Waals surface area contributed by atoms with E-state index in [9.17, 15) is 14.9 Å². The minimum Gasteiger partial charge on any atom is -0.296 e. The molecule has 86 valence electrons. The van der Waals surface area contributed by atoms with Crippen molar-refractivity contribution in [1.29, 1.82) is 0 Å². The van der Waals surface area contributed by atoms with Crippen molar-refractivity contribution in [2.45, 2.75) is 6.54 Å². The quantitative estimate of drug-likeness (QED) is 0.446. The standard InChI is InChI=1S/C10H8N4O3/c15-7-9-6-13(12-11-9)5-8-1-3-10(4-2-8)14(16)17/h1-4,6-7H,5H2. The number of nitrogens with zero attached hydrogens (tertiary/aromatic N) is 4. The maximum atomic E-state index is 10.5. The average Bonchev–Trinajstić information content (AvgIpc) is 2.77. The maximum absolute atomic E-state index is 10.5. The Morgan fingerprint density at radius 1 is 1.35 bits per heavy atom. The first kappa shape index (κ1) is 10.9. The van der Waals surface area contributed by atoms with Crippen molar-refractivity contribution in [3.63, 3.8) is 0 Å². The van der Waals surface area contributed by atoms with Crippen LogP contribution in [0, 0.1) is 10.1 Å². The number of carbonyl (C=O) groups excluding carboxylic acids is 1. The van der Waals surface area contributed by atoms with Gasteiger partial charge < -0.3 is 0 Å². The summed E-state index contributed by atoms with van der Waals surface area (Å²) in [7, 11) is 0. The molecule has 0 aliphatic heterocycles. The first-order valence-electron chi connectivity index (χ1n) is 4.77. The molecule has 0 radical (unpaired) electrons. The van der Waals surface area contributed by atoms with Crippen LogP contribution in [-0.4, -0.2) is 26.2 Å². The highest BCUT2D eigenvalue weighted by atomic mass is 16.6. The number of hydrogen-bond acceptors (Lipinski definition) is 5. The lowest BCUT2D eigenvalue weighted by atomic mass is 10.2. The molecule has 0 aliphatic carbocycles. The van der Waals surface area contributed by atoms with Gasteiger partial charge >= 0.3 is 0 Å². The number of aldehydes is 1. The Morgan fingerprint density at radius 2 is 2.06 bits per heavy atom. The minimum absolute atomic E-state index is 0.0425. The van der Waals surface area contributed by atoms with E-state index in [2.05, 4.69) is 10.3 Å². The highest BCUT2D eigenvalue weighted by Crippen LogP contribution is 2.12. The van der Waals surface area contributed by atoms with Crippen LogP contribution in [0.25, 0.3) is 0 Å². The Balaban J connectivity index is 2.13. The summed E-state index contributed by atoms with van der Waals surface area (Å²) >= 11 is 0. The second kappa shape index (κ2) is 4.52. The summed E-state index contributed by atoms with van der Waals surface area (Å²) in [5.74, 6) is 0. The molecule has 0 spiro atoms. The van der Waals surface area contributed by atoms with Gasteiger partial charge in [0.2, 0.25) is 0 Å². The van der Waals surface area contributed by atoms with Crippen LogP contribution in [0.3, 0.4) is 0 Å². The van der Waals surface area contributed by atoms with E-state index < -0.39 is 4.92 Å². The van der Waals surface area contributed by atoms with Crippen LogP contribution in [-0.2, 0) is 6.54 Å². The summed E-state index contributed by atoms with van der Waals surface area (Å²) in [5.41, 5.74) is 1.14. The second-order valence-electron chi connectivity index (χ2n) is 3.38. The molecular formula is C10H8N4O3. The largest absolute Gasteiger partial charge is 0.296 e. The average molecular weight is 232 g/mol. The summed E-state index contributed by atoms with van der Waals surface area (Å²) in [6.45, 7) is 0.416. The van der Waals surface area contributed by atoms with Crippen LogP contribution in [0.1, 0.15) is 16.1 Å². The number of non-ortho nitro benzene ring substituents is 1. The number of nitro benzene ring substituents is 1. The molecular weight excluding hydrogens is 224 g/mol. The van der Waals surface area contributed by atoms with Gasteiger partial charge in [-0.25, -0.2) is 4.68 Å². The van der Waals surface area contributed by atoms with E-state index in [0.29, 0.717) is 12.8 Å². The van der Waals surface area contributed by atoms with Gasteiger partial charge in [-0.15, -0.1) is 5.10 Å². The number of benzene rings is 1. The lowest BCUT2D eigenvalue weighted by Crippen LogP contribution is -2.00. The molecule has 2 aromatic rings. The summed E-state index contributed by atoms with van der Waals surface area (Å²) in [5, 5.41) is 17.8. The van der Waals surface area contributed by atoms with Gasteiger partial charge in [0, 0.05) is 12.1 Å². The van der Waals surface area contributed by atoms with E-state index in [0.717, 1.165) is 5.56 Å². The summed E-state index contributed by atoms with van der Waals surface area (Å²) in [6.07, 6.45) is 2.12. The summed E-state index contributed by atoms with van der Waals surface area (Å²) < 4.78 is 1.49. The zero-order valence-corrected chi connectivity index (χ0v) is 8.68. The fourth-order valence-electron chi connectivity index (χ4n) is 1.35. The number of rotatable bonds is 4. The van der Waals surface area contributed by atoms with Gasteiger partial charge in [0.1, 0.15) is 5.69 Å². The van der Waals surface area contributed by atoms with Gasteiger partial charge in [0.15, 0.2) is 6.29 Å². The van der Waals surface area contributed by atoms with Crippen molar-refractivity contribution < 1.29 is 9.72 Å². The van der Waals surface area contributed by atoms with Gasteiger partial charge in [-0.2, -0.15) is 0 Å². The molecule has 0 aliphatic rings. The van der Waals surface area contributed by atoms with Gasteiger partial charge in [0.05, 0.1) is 17.7 Å². The van der Waals surface area contributed by atoms with Crippen molar-refractivity contribution in [2.75, 3.05) is 0 Å². The Labute approximate surface area is 95.8 Å². The zero-order chi connectivity index (χ0) is 12.3. The van der Waals surface area contributed by atoms with E-state index in [-0.39, 0.29) is 11.4 Å². The molecule has 2 rings (SSSR count). The maximum Gasteiger partial charge on any atom is 0.269 e. The molecule has 0 saturated heterocycles. The SMILES string of the molecule is O=Cc1cn(Cc2ccc([N+](=O)[O-])cc2)nn1. The van der Waals surface area contributed by atoms with Gasteiger partial charge in [0.25, 0.3) is 5.69 Å². The third kappa shape index (κ3) is 2.51. The Morgan fingerprint density at radius 3 is 2.59 bits per heavy atom. The Bertz CT molecular complexity index is 547. The molecule has 1 heterocycles. The van der Waals surface area contributed by atoms with E-state index in [1.807, 2.05) is 0 Å². The first-order valence-corrected chi connectivity index (χ1v) is 4.77. The van der Waals surface area contributed by atoms with Crippen molar-refractivity contribution in [1.82, 2.24) is 15.0 Å². The molecule has 0 fully saturated rings. The smallest absolute Gasteiger partial charge is 0.269 e. The van der Waals surface area contributed by atoms with E-state index in [4.69, 9.17) is 0 Å². The van der Waals surface area contributed by atoms with Crippen molar-refractivity contribution in [2.24, 2.45) is 0 Å². The van der Waals surface area contributed by atoms with Gasteiger partial charge in [-0.1, -0.05) is 17.3 Å². The lowest BCUT2D eigenvalue weighted by Gasteiger charge is -1.99. The van der Waals surface area contributed by atoms with E-state index >= 15 is 0 Å². The molecule has 17 heavy (non-hydrogen) atoms. The monoisotopic (exact) mass is 232 g/mol. The van der Waals surface area contributed by atoms with Crippen LogP contribution < -0.4 is 0 Å². The van der Waals surface area contributed by atoms with Gasteiger partial charge in [-0.3, -0.25) is 14.9 Å². The molecule has 0 atom stereocenters. The molecule has 1 aromatic carbocycles. The van der Waals surface area contributed by atoms with Crippen LogP contribution in [0.5, 0.6) is 0 Å². The van der Waals surface area contributed by atoms with Crippen LogP contribution >= 0.6 is 0 Å². The first-order chi connectivity index (χ1) is 8.19. The molecule has 0 bridgehead atoms. The minimum atomic E-state index is -0.455. The number of nitro groups is 1. The normalized spacial score (nSPS) is 10.1. The van der Waals surface area contributed by atoms with Crippen molar-refractivity contribution in [3.05, 3.63) is 51.8 Å². The zero-order valence-electron chi connectivity index (χ0n) is 8.68. The molecule has 7 nitrogen and oxygen atoms in total. The molecule has 0 amide bonds. The predicted molar refractivity (Wildman–Crippen MR) is 57.6 cm³/mol. The number of aromatic nitrogens is 3. The fraction of sp³-hybridized carbons (Fsp3) is 0.100. The highest BCUT2D eigenvalue weighted by Gasteiger charge is 2.05. The number of carbonyl (C=O) groups is 1. The molecule has 0 N–H and O–H groups in total. The lowest BCUT2D eigenvalue weighted by molar-refractivity contribution is -0.384. The van der Waals surface area contributed by atoms with Crippen LogP contribution in [0.4, 0.5) is 5.69 Å². The third-order valence-corrected chi connectivity index (χ3v) is 2.17. The second-order valence-corrected chi connectivity index (χ2v) is 3.38. The Kier molecular flexibility index (Phi) is 2.91. The summed E-state index contributed by atoms with van der Waals surface area (Å²) in [6, 6.07) is 6.13. The predicted octanol–water partition coefficient (Wildman–Crippen LogP) is 1.05. The highest BCUT2D eigenvalue weighted by molar-refractivity contribution is 5.70. The Hall–Kier alpha value is -2.57. The van der Waals surface area contributed by atoms with Gasteiger partial charge in [-0.05, 0) is 5.56 Å². The molecule has 1 aromatic heterocycles. The topological polar surface area (TPSA) is 90.9 Å². The van der Waals surface area contributed by atoms with Crippen LogP contribution in [0.2, 0.25) is 0 Å². The third-order valence-electron chi connectivity index (χ3n) is 2.17. The molecule has 0 saturated carbocycles. The van der Waals surface area contributed by atoms with Crippen molar-refractivity contribution >= 4 is 12.0 Å².